The summed E-state index contributed by atoms with van der Waals surface area (Å²) in [6.45, 7) is 0. The van der Waals surface area contributed by atoms with Gasteiger partial charge in [0.05, 0.1) is 10.6 Å². The standard InChI is InChI=1S/C19H17N3OS/c20-16-15-14(10-6-8-21-9-7-10)12-2-1-3-13(12)22-19(15)24-18(16)17(23)11-4-5-11/h6-9,11H,1-5,20H2. The van der Waals surface area contributed by atoms with Gasteiger partial charge in [0.15, 0.2) is 5.78 Å². The molecule has 3 aromatic rings. The molecule has 2 aliphatic rings. The lowest BCUT2D eigenvalue weighted by molar-refractivity contribution is 0.0972. The number of thiophene rings is 1. The van der Waals surface area contributed by atoms with Crippen molar-refractivity contribution < 1.29 is 4.79 Å². The van der Waals surface area contributed by atoms with Crippen molar-refractivity contribution in [3.05, 3.63) is 40.7 Å². The number of carbonyl (C=O) groups is 1. The van der Waals surface area contributed by atoms with Crippen molar-refractivity contribution in [2.45, 2.75) is 32.1 Å². The first-order valence-electron chi connectivity index (χ1n) is 8.42. The minimum Gasteiger partial charge on any atom is -0.397 e. The number of aromatic nitrogens is 2. The molecule has 0 bridgehead atoms. The van der Waals surface area contributed by atoms with Gasteiger partial charge in [0.25, 0.3) is 0 Å². The molecule has 120 valence electrons. The Bertz CT molecular complexity index is 973. The fraction of sp³-hybridized carbons (Fsp3) is 0.316. The third-order valence-electron chi connectivity index (χ3n) is 5.04. The van der Waals surface area contributed by atoms with Crippen molar-refractivity contribution >= 4 is 33.0 Å². The second kappa shape index (κ2) is 5.11. The molecule has 2 N–H and O–H groups in total. The van der Waals surface area contributed by atoms with Crippen LogP contribution in [0.1, 0.15) is 40.2 Å². The van der Waals surface area contributed by atoms with Crippen LogP contribution in [0.15, 0.2) is 24.5 Å². The van der Waals surface area contributed by atoms with E-state index in [9.17, 15) is 4.79 Å². The van der Waals surface area contributed by atoms with E-state index in [1.54, 1.807) is 0 Å². The number of nitrogens with two attached hydrogens (primary N) is 1. The lowest BCUT2D eigenvalue weighted by Crippen LogP contribution is -2.02. The van der Waals surface area contributed by atoms with Gasteiger partial charge in [-0.15, -0.1) is 11.3 Å². The fourth-order valence-corrected chi connectivity index (χ4v) is 4.84. The van der Waals surface area contributed by atoms with E-state index in [1.165, 1.54) is 28.2 Å². The van der Waals surface area contributed by atoms with Crippen molar-refractivity contribution in [2.75, 3.05) is 5.73 Å². The Labute approximate surface area is 143 Å². The molecule has 2 aliphatic carbocycles. The third kappa shape index (κ3) is 2.01. The van der Waals surface area contributed by atoms with Gasteiger partial charge in [-0.05, 0) is 60.9 Å². The Balaban J connectivity index is 1.83. The average Bonchev–Trinajstić information content (AvgIpc) is 3.27. The molecule has 0 aromatic carbocycles. The zero-order chi connectivity index (χ0) is 16.3. The Morgan fingerprint density at radius 2 is 2.00 bits per heavy atom. The van der Waals surface area contributed by atoms with Crippen LogP contribution in [0.4, 0.5) is 5.69 Å². The van der Waals surface area contributed by atoms with E-state index < -0.39 is 0 Å². The third-order valence-corrected chi connectivity index (χ3v) is 6.16. The Kier molecular flexibility index (Phi) is 3.00. The molecule has 0 amide bonds. The number of rotatable bonds is 3. The Morgan fingerprint density at radius 1 is 1.21 bits per heavy atom. The van der Waals surface area contributed by atoms with Crippen molar-refractivity contribution in [3.63, 3.8) is 0 Å². The van der Waals surface area contributed by atoms with Crippen LogP contribution in [0.2, 0.25) is 0 Å². The summed E-state index contributed by atoms with van der Waals surface area (Å²) in [6.07, 6.45) is 8.76. The lowest BCUT2D eigenvalue weighted by Gasteiger charge is -2.11. The number of aryl methyl sites for hydroxylation is 1. The quantitative estimate of drug-likeness (QED) is 0.734. The SMILES string of the molecule is Nc1c(C(=O)C2CC2)sc2nc3c(c(-c4ccncc4)c12)CCC3. The smallest absolute Gasteiger partial charge is 0.178 e. The molecule has 4 nitrogen and oxygen atoms in total. The largest absolute Gasteiger partial charge is 0.397 e. The second-order valence-electron chi connectivity index (χ2n) is 6.67. The predicted molar refractivity (Wildman–Crippen MR) is 96.3 cm³/mol. The summed E-state index contributed by atoms with van der Waals surface area (Å²) in [4.78, 5) is 23.2. The average molecular weight is 335 g/mol. The number of carbonyl (C=O) groups excluding carboxylic acids is 1. The van der Waals surface area contributed by atoms with Gasteiger partial charge < -0.3 is 5.73 Å². The van der Waals surface area contributed by atoms with Crippen LogP contribution in [-0.4, -0.2) is 15.8 Å². The van der Waals surface area contributed by atoms with Crippen LogP contribution in [0.5, 0.6) is 0 Å². The summed E-state index contributed by atoms with van der Waals surface area (Å²) in [5.41, 5.74) is 11.8. The van der Waals surface area contributed by atoms with Gasteiger partial charge in [-0.2, -0.15) is 0 Å². The van der Waals surface area contributed by atoms with Gasteiger partial charge in [-0.25, -0.2) is 4.98 Å². The molecule has 0 aliphatic heterocycles. The van der Waals surface area contributed by atoms with Crippen molar-refractivity contribution in [1.29, 1.82) is 0 Å². The highest BCUT2D eigenvalue weighted by molar-refractivity contribution is 7.21. The summed E-state index contributed by atoms with van der Waals surface area (Å²) < 4.78 is 0. The number of nitrogens with zero attached hydrogens (tertiary/aromatic N) is 2. The van der Waals surface area contributed by atoms with E-state index in [0.29, 0.717) is 10.6 Å². The van der Waals surface area contributed by atoms with Crippen molar-refractivity contribution in [3.8, 4) is 11.1 Å². The van der Waals surface area contributed by atoms with E-state index in [2.05, 4.69) is 4.98 Å². The normalized spacial score (nSPS) is 16.5. The predicted octanol–water partition coefficient (Wildman–Crippen LogP) is 4.02. The summed E-state index contributed by atoms with van der Waals surface area (Å²) in [5.74, 6) is 0.382. The summed E-state index contributed by atoms with van der Waals surface area (Å²) in [7, 11) is 0. The van der Waals surface area contributed by atoms with Crippen molar-refractivity contribution in [2.24, 2.45) is 5.92 Å². The first-order chi connectivity index (χ1) is 11.7. The number of fused-ring (bicyclic) bond motifs is 2. The summed E-state index contributed by atoms with van der Waals surface area (Å²) in [6, 6.07) is 4.04. The highest BCUT2D eigenvalue weighted by Gasteiger charge is 2.34. The molecule has 0 spiro atoms. The van der Waals surface area contributed by atoms with Crippen LogP contribution < -0.4 is 5.73 Å². The molecular weight excluding hydrogens is 318 g/mol. The minimum absolute atomic E-state index is 0.177. The van der Waals surface area contributed by atoms with Gasteiger partial charge in [0.2, 0.25) is 0 Å². The maximum absolute atomic E-state index is 12.6. The molecule has 0 atom stereocenters. The van der Waals surface area contributed by atoms with E-state index >= 15 is 0 Å². The molecule has 1 fully saturated rings. The van der Waals surface area contributed by atoms with Gasteiger partial charge in [-0.1, -0.05) is 0 Å². The number of Topliss-reactive ketones (excluding diaryl/α,β-unsaturated/α-hetero) is 1. The van der Waals surface area contributed by atoms with Gasteiger partial charge >= 0.3 is 0 Å². The first kappa shape index (κ1) is 14.1. The highest BCUT2D eigenvalue weighted by atomic mass is 32.1. The molecule has 0 unspecified atom stereocenters. The Morgan fingerprint density at radius 3 is 2.75 bits per heavy atom. The lowest BCUT2D eigenvalue weighted by atomic mass is 9.96. The number of ketones is 1. The topological polar surface area (TPSA) is 68.9 Å². The zero-order valence-electron chi connectivity index (χ0n) is 13.2. The van der Waals surface area contributed by atoms with Crippen LogP contribution in [-0.2, 0) is 12.8 Å². The number of anilines is 1. The fourth-order valence-electron chi connectivity index (χ4n) is 3.70. The van der Waals surface area contributed by atoms with Crippen molar-refractivity contribution in [1.82, 2.24) is 9.97 Å². The van der Waals surface area contributed by atoms with Gasteiger partial charge in [0.1, 0.15) is 4.83 Å². The molecule has 1 saturated carbocycles. The number of pyridine rings is 2. The van der Waals surface area contributed by atoms with E-state index in [4.69, 9.17) is 10.7 Å². The molecule has 0 radical (unpaired) electrons. The summed E-state index contributed by atoms with van der Waals surface area (Å²) in [5, 5.41) is 0.968. The van der Waals surface area contributed by atoms with Crippen LogP contribution in [0, 0.1) is 5.92 Å². The van der Waals surface area contributed by atoms with E-state index in [-0.39, 0.29) is 11.7 Å². The van der Waals surface area contributed by atoms with Crippen LogP contribution >= 0.6 is 11.3 Å². The van der Waals surface area contributed by atoms with Gasteiger partial charge in [0, 0.05) is 29.4 Å². The minimum atomic E-state index is 0.177. The van der Waals surface area contributed by atoms with E-state index in [0.717, 1.165) is 47.9 Å². The zero-order valence-corrected chi connectivity index (χ0v) is 14.0. The second-order valence-corrected chi connectivity index (χ2v) is 7.66. The maximum Gasteiger partial charge on any atom is 0.178 e. The van der Waals surface area contributed by atoms with Gasteiger partial charge in [-0.3, -0.25) is 9.78 Å². The molecule has 5 rings (SSSR count). The molecule has 24 heavy (non-hydrogen) atoms. The molecule has 3 heterocycles. The number of hydrogen-bond acceptors (Lipinski definition) is 5. The molecule has 3 aromatic heterocycles. The molecule has 0 saturated heterocycles. The molecular formula is C19H17N3OS. The number of nitrogen functional groups attached to an aromatic ring is 1. The maximum atomic E-state index is 12.6. The molecule has 5 heteroatoms. The first-order valence-corrected chi connectivity index (χ1v) is 9.24. The summed E-state index contributed by atoms with van der Waals surface area (Å²) >= 11 is 1.47. The van der Waals surface area contributed by atoms with Crippen LogP contribution in [0.25, 0.3) is 21.3 Å². The Hall–Kier alpha value is -2.27. The highest BCUT2D eigenvalue weighted by Crippen LogP contribution is 2.46. The van der Waals surface area contributed by atoms with Crippen LogP contribution in [0.3, 0.4) is 0 Å². The monoisotopic (exact) mass is 335 g/mol. The van der Waals surface area contributed by atoms with E-state index in [1.807, 2.05) is 24.5 Å². The number of hydrogen-bond donors (Lipinski definition) is 1.